The van der Waals surface area contributed by atoms with Crippen LogP contribution in [0.15, 0.2) is 0 Å². The SMILES string of the molecule is O=C(COC12CC3CC(CC(O)(C3)C1)C2)C(F)(F)SOO[O-].[Na+]. The van der Waals surface area contributed by atoms with Gasteiger partial charge in [-0.2, -0.15) is 13.1 Å². The van der Waals surface area contributed by atoms with Crippen LogP contribution in [0.1, 0.15) is 38.5 Å². The zero-order valence-corrected chi connectivity index (χ0v) is 15.6. The van der Waals surface area contributed by atoms with Crippen LogP contribution in [0, 0.1) is 11.8 Å². The Balaban J connectivity index is 0.00000192. The Morgan fingerprint density at radius 3 is 2.43 bits per heavy atom. The summed E-state index contributed by atoms with van der Waals surface area (Å²) < 4.78 is 35.8. The van der Waals surface area contributed by atoms with Gasteiger partial charge < -0.3 is 15.1 Å². The first kappa shape index (κ1) is 20.0. The first-order valence-corrected chi connectivity index (χ1v) is 7.92. The van der Waals surface area contributed by atoms with Crippen molar-refractivity contribution in [2.24, 2.45) is 11.8 Å². The molecule has 4 aliphatic carbocycles. The van der Waals surface area contributed by atoms with Crippen LogP contribution in [-0.2, 0) is 18.9 Å². The zero-order chi connectivity index (χ0) is 16.0. The fraction of sp³-hybridized carbons (Fsp3) is 0.923. The van der Waals surface area contributed by atoms with E-state index in [0.29, 0.717) is 31.1 Å². The summed E-state index contributed by atoms with van der Waals surface area (Å²) in [6, 6.07) is 0. The van der Waals surface area contributed by atoms with Crippen molar-refractivity contribution in [3.05, 3.63) is 0 Å². The average Bonchev–Trinajstić information content (AvgIpc) is 2.40. The molecule has 0 aromatic rings. The molecule has 10 heteroatoms. The van der Waals surface area contributed by atoms with Crippen molar-refractivity contribution < 1.29 is 67.6 Å². The molecule has 2 atom stereocenters. The average molecular weight is 362 g/mol. The molecule has 0 heterocycles. The predicted molar refractivity (Wildman–Crippen MR) is 68.0 cm³/mol. The van der Waals surface area contributed by atoms with Gasteiger partial charge in [0, 0.05) is 6.42 Å². The van der Waals surface area contributed by atoms with Crippen LogP contribution in [0.25, 0.3) is 0 Å². The molecule has 23 heavy (non-hydrogen) atoms. The second-order valence-corrected chi connectivity index (χ2v) is 7.63. The van der Waals surface area contributed by atoms with Crippen LogP contribution in [0.2, 0.25) is 0 Å². The monoisotopic (exact) mass is 362 g/mol. The van der Waals surface area contributed by atoms with Gasteiger partial charge in [0.25, 0.3) is 0 Å². The second-order valence-electron chi connectivity index (χ2n) is 6.82. The first-order valence-electron chi connectivity index (χ1n) is 7.18. The Morgan fingerprint density at radius 2 is 1.91 bits per heavy atom. The summed E-state index contributed by atoms with van der Waals surface area (Å²) in [6.45, 7) is -0.780. The standard InChI is InChI=1S/C13H18F2O6S.Na/c14-13(15,22-21-20-18)10(16)6-19-12-4-8-1-9(5-12)3-11(17,2-8)7-12;/h8-9,17-18H,1-7H2;/q;+1/p-1. The third kappa shape index (κ3) is 4.27. The van der Waals surface area contributed by atoms with Crippen molar-refractivity contribution in [2.75, 3.05) is 6.61 Å². The van der Waals surface area contributed by atoms with Crippen molar-refractivity contribution in [1.29, 1.82) is 0 Å². The molecule has 6 nitrogen and oxygen atoms in total. The number of ether oxygens (including phenoxy) is 1. The van der Waals surface area contributed by atoms with Crippen molar-refractivity contribution in [3.63, 3.8) is 0 Å². The Morgan fingerprint density at radius 1 is 1.30 bits per heavy atom. The molecule has 4 saturated carbocycles. The van der Waals surface area contributed by atoms with Gasteiger partial charge in [0.1, 0.15) is 18.6 Å². The Kier molecular flexibility index (Phi) is 6.19. The molecule has 4 bridgehead atoms. The van der Waals surface area contributed by atoms with Crippen LogP contribution < -0.4 is 34.8 Å². The van der Waals surface area contributed by atoms with E-state index in [1.54, 1.807) is 0 Å². The number of hydrogen-bond acceptors (Lipinski definition) is 7. The summed E-state index contributed by atoms with van der Waals surface area (Å²) in [5, 5.41) is 19.0. The van der Waals surface area contributed by atoms with Gasteiger partial charge in [-0.25, -0.2) is 0 Å². The number of alkyl halides is 2. The van der Waals surface area contributed by atoms with E-state index in [4.69, 9.17) is 4.74 Å². The zero-order valence-electron chi connectivity index (χ0n) is 12.8. The van der Waals surface area contributed by atoms with Gasteiger partial charge in [-0.15, -0.1) is 0 Å². The van der Waals surface area contributed by atoms with Gasteiger partial charge in [-0.3, -0.25) is 9.83 Å². The molecule has 2 unspecified atom stereocenters. The van der Waals surface area contributed by atoms with Crippen molar-refractivity contribution in [1.82, 2.24) is 0 Å². The van der Waals surface area contributed by atoms with Gasteiger partial charge in [-0.05, 0) is 43.9 Å². The molecule has 0 amide bonds. The number of ketones is 1. The minimum Gasteiger partial charge on any atom is -0.691 e. The van der Waals surface area contributed by atoms with Crippen LogP contribution >= 0.6 is 12.0 Å². The molecule has 0 aromatic heterocycles. The van der Waals surface area contributed by atoms with Crippen LogP contribution in [0.4, 0.5) is 8.78 Å². The summed E-state index contributed by atoms with van der Waals surface area (Å²) in [7, 11) is 0. The van der Waals surface area contributed by atoms with Gasteiger partial charge in [0.15, 0.2) is 0 Å². The fourth-order valence-electron chi connectivity index (χ4n) is 4.71. The van der Waals surface area contributed by atoms with E-state index in [-0.39, 0.29) is 29.6 Å². The first-order chi connectivity index (χ1) is 10.3. The largest absolute Gasteiger partial charge is 1.00 e. The third-order valence-corrected chi connectivity index (χ3v) is 5.54. The van der Waals surface area contributed by atoms with E-state index in [1.807, 2.05) is 0 Å². The third-order valence-electron chi connectivity index (χ3n) is 4.98. The van der Waals surface area contributed by atoms with E-state index in [0.717, 1.165) is 19.3 Å². The summed E-state index contributed by atoms with van der Waals surface area (Å²) in [4.78, 5) is 11.5. The number of rotatable bonds is 7. The quantitative estimate of drug-likeness (QED) is 0.246. The molecule has 4 rings (SSSR count). The molecule has 0 aliphatic heterocycles. The molecular weight excluding hydrogens is 345 g/mol. The Labute approximate surface area is 158 Å². The van der Waals surface area contributed by atoms with E-state index in [9.17, 15) is 23.9 Å². The predicted octanol–water partition coefficient (Wildman–Crippen LogP) is -1.88. The number of Topliss-reactive ketones (excluding diaryl/α,β-unsaturated/α-hetero) is 1. The summed E-state index contributed by atoms with van der Waals surface area (Å²) in [5.41, 5.74) is -1.48. The van der Waals surface area contributed by atoms with Crippen molar-refractivity contribution >= 4 is 17.8 Å². The number of halogens is 2. The van der Waals surface area contributed by atoms with E-state index in [1.165, 1.54) is 0 Å². The summed E-state index contributed by atoms with van der Waals surface area (Å²) in [6.07, 6.45) is 4.25. The molecule has 1 N–H and O–H groups in total. The fourth-order valence-corrected chi connectivity index (χ4v) is 4.97. The normalized spacial score (nSPS) is 38.4. The van der Waals surface area contributed by atoms with Crippen LogP contribution in [-0.4, -0.2) is 34.0 Å². The molecule has 0 radical (unpaired) electrons. The minimum absolute atomic E-state index is 0. The van der Waals surface area contributed by atoms with Gasteiger partial charge in [-0.1, -0.05) is 0 Å². The van der Waals surface area contributed by atoms with E-state index < -0.39 is 40.9 Å². The molecule has 0 spiro atoms. The maximum absolute atomic E-state index is 13.4. The van der Waals surface area contributed by atoms with Crippen LogP contribution in [0.5, 0.6) is 0 Å². The molecule has 0 aromatic carbocycles. The topological polar surface area (TPSA) is 88.1 Å². The Bertz CT molecular complexity index is 452. The smallest absolute Gasteiger partial charge is 0.691 e. The molecule has 4 fully saturated rings. The number of carbonyl (C=O) groups is 1. The molecule has 126 valence electrons. The Hall–Kier alpha value is 0.680. The summed E-state index contributed by atoms with van der Waals surface area (Å²) in [5.74, 6) is -0.834. The van der Waals surface area contributed by atoms with Crippen molar-refractivity contribution in [2.45, 2.75) is 55.0 Å². The minimum atomic E-state index is -3.91. The maximum Gasteiger partial charge on any atom is 1.00 e. The van der Waals surface area contributed by atoms with E-state index >= 15 is 0 Å². The number of hydrogen-bond donors (Lipinski definition) is 1. The number of aliphatic hydroxyl groups is 1. The van der Waals surface area contributed by atoms with Crippen LogP contribution in [0.3, 0.4) is 0 Å². The maximum atomic E-state index is 13.4. The van der Waals surface area contributed by atoms with Crippen molar-refractivity contribution in [3.8, 4) is 0 Å². The molecular formula is C13H17F2NaO6S. The molecule has 0 saturated heterocycles. The second kappa shape index (κ2) is 7.13. The van der Waals surface area contributed by atoms with Gasteiger partial charge >= 0.3 is 34.8 Å². The number of carbonyl (C=O) groups excluding carboxylic acids is 1. The molecule has 4 aliphatic rings. The van der Waals surface area contributed by atoms with E-state index in [2.05, 4.69) is 9.37 Å². The van der Waals surface area contributed by atoms with Gasteiger partial charge in [0.05, 0.1) is 11.2 Å². The summed E-state index contributed by atoms with van der Waals surface area (Å²) >= 11 is -0.644. The van der Waals surface area contributed by atoms with Gasteiger partial charge in [0.2, 0.25) is 5.78 Å².